The summed E-state index contributed by atoms with van der Waals surface area (Å²) in [7, 11) is 0. The number of nitrogens with two attached hydrogens (primary N) is 1. The minimum atomic E-state index is -0.645. The van der Waals surface area contributed by atoms with Crippen LogP contribution in [0.15, 0.2) is 18.2 Å². The molecule has 0 aliphatic carbocycles. The van der Waals surface area contributed by atoms with E-state index < -0.39 is 11.6 Å². The predicted octanol–water partition coefficient (Wildman–Crippen LogP) is 2.75. The zero-order valence-electron chi connectivity index (χ0n) is 9.43. The standard InChI is InChI=1S/C12H13F2N3/c1-2-3-7-4-9-10(14)5-8(13)6-11(9)16-12(7)17-15/h4-6H,2-3,15H2,1H3,(H,16,17). The largest absolute Gasteiger partial charge is 0.308 e. The van der Waals surface area contributed by atoms with Gasteiger partial charge in [0.25, 0.3) is 0 Å². The van der Waals surface area contributed by atoms with Gasteiger partial charge in [-0.1, -0.05) is 13.3 Å². The van der Waals surface area contributed by atoms with Crippen molar-refractivity contribution in [3.05, 3.63) is 35.4 Å². The van der Waals surface area contributed by atoms with Gasteiger partial charge in [-0.3, -0.25) is 0 Å². The number of fused-ring (bicyclic) bond motifs is 1. The highest BCUT2D eigenvalue weighted by atomic mass is 19.1. The Kier molecular flexibility index (Phi) is 3.19. The molecule has 0 aliphatic rings. The monoisotopic (exact) mass is 237 g/mol. The van der Waals surface area contributed by atoms with Gasteiger partial charge in [0.1, 0.15) is 17.5 Å². The molecule has 5 heteroatoms. The Hall–Kier alpha value is -1.75. The highest BCUT2D eigenvalue weighted by Gasteiger charge is 2.10. The third kappa shape index (κ3) is 2.19. The number of nitrogens with one attached hydrogen (secondary N) is 1. The molecule has 0 radical (unpaired) electrons. The van der Waals surface area contributed by atoms with Crippen LogP contribution in [0.25, 0.3) is 10.9 Å². The molecule has 0 aliphatic heterocycles. The number of aryl methyl sites for hydroxylation is 1. The topological polar surface area (TPSA) is 50.9 Å². The van der Waals surface area contributed by atoms with Crippen LogP contribution in [0.5, 0.6) is 0 Å². The Morgan fingerprint density at radius 3 is 2.71 bits per heavy atom. The maximum atomic E-state index is 13.6. The molecule has 0 saturated carbocycles. The molecule has 2 rings (SSSR count). The average molecular weight is 237 g/mol. The van der Waals surface area contributed by atoms with Crippen molar-refractivity contribution in [3.8, 4) is 0 Å². The Labute approximate surface area is 97.6 Å². The van der Waals surface area contributed by atoms with Crippen LogP contribution < -0.4 is 11.3 Å². The number of halogens is 2. The summed E-state index contributed by atoms with van der Waals surface area (Å²) in [6.45, 7) is 2.01. The molecule has 2 aromatic rings. The van der Waals surface area contributed by atoms with E-state index >= 15 is 0 Å². The summed E-state index contributed by atoms with van der Waals surface area (Å²) in [6, 6.07) is 3.71. The van der Waals surface area contributed by atoms with Gasteiger partial charge < -0.3 is 5.43 Å². The molecule has 1 heterocycles. The first-order chi connectivity index (χ1) is 8.15. The van der Waals surface area contributed by atoms with E-state index in [1.807, 2.05) is 6.92 Å². The van der Waals surface area contributed by atoms with Crippen molar-refractivity contribution < 1.29 is 8.78 Å². The number of aromatic nitrogens is 1. The summed E-state index contributed by atoms with van der Waals surface area (Å²) in [4.78, 5) is 4.12. The van der Waals surface area contributed by atoms with Crippen molar-refractivity contribution in [2.75, 3.05) is 5.43 Å². The van der Waals surface area contributed by atoms with Gasteiger partial charge in [-0.25, -0.2) is 19.6 Å². The van der Waals surface area contributed by atoms with E-state index in [1.54, 1.807) is 6.07 Å². The normalized spacial score (nSPS) is 10.8. The summed E-state index contributed by atoms with van der Waals surface area (Å²) in [5.41, 5.74) is 3.54. The second kappa shape index (κ2) is 4.63. The molecule has 0 unspecified atom stereocenters. The fourth-order valence-corrected chi connectivity index (χ4v) is 1.83. The summed E-state index contributed by atoms with van der Waals surface area (Å²) in [5, 5.41) is 0.314. The fraction of sp³-hybridized carbons (Fsp3) is 0.250. The fourth-order valence-electron chi connectivity index (χ4n) is 1.83. The number of rotatable bonds is 3. The third-order valence-corrected chi connectivity index (χ3v) is 2.58. The maximum absolute atomic E-state index is 13.6. The van der Waals surface area contributed by atoms with Gasteiger partial charge in [0.05, 0.1) is 5.52 Å². The van der Waals surface area contributed by atoms with Crippen molar-refractivity contribution in [2.24, 2.45) is 5.84 Å². The number of benzene rings is 1. The lowest BCUT2D eigenvalue weighted by molar-refractivity contribution is 0.591. The van der Waals surface area contributed by atoms with E-state index in [1.165, 1.54) is 6.07 Å². The van der Waals surface area contributed by atoms with Crippen LogP contribution >= 0.6 is 0 Å². The van der Waals surface area contributed by atoms with Crippen molar-refractivity contribution in [1.29, 1.82) is 0 Å². The number of anilines is 1. The average Bonchev–Trinajstić information content (AvgIpc) is 2.29. The van der Waals surface area contributed by atoms with Crippen molar-refractivity contribution in [2.45, 2.75) is 19.8 Å². The van der Waals surface area contributed by atoms with Crippen LogP contribution in [-0.4, -0.2) is 4.98 Å². The van der Waals surface area contributed by atoms with Crippen LogP contribution in [0.2, 0.25) is 0 Å². The number of nitrogens with zero attached hydrogens (tertiary/aromatic N) is 1. The lowest BCUT2D eigenvalue weighted by Gasteiger charge is -2.09. The quantitative estimate of drug-likeness (QED) is 0.637. The van der Waals surface area contributed by atoms with Crippen LogP contribution in [0, 0.1) is 11.6 Å². The highest BCUT2D eigenvalue weighted by Crippen LogP contribution is 2.24. The van der Waals surface area contributed by atoms with Crippen molar-refractivity contribution in [1.82, 2.24) is 4.98 Å². The van der Waals surface area contributed by atoms with E-state index in [0.717, 1.165) is 24.5 Å². The summed E-state index contributed by atoms with van der Waals surface area (Å²) in [6.07, 6.45) is 1.63. The molecule has 0 bridgehead atoms. The minimum Gasteiger partial charge on any atom is -0.308 e. The molecule has 0 atom stereocenters. The van der Waals surface area contributed by atoms with Gasteiger partial charge in [-0.2, -0.15) is 0 Å². The van der Waals surface area contributed by atoms with Gasteiger partial charge >= 0.3 is 0 Å². The number of hydrogen-bond acceptors (Lipinski definition) is 3. The van der Waals surface area contributed by atoms with E-state index in [0.29, 0.717) is 11.2 Å². The molecule has 0 saturated heterocycles. The SMILES string of the molecule is CCCc1cc2c(F)cc(F)cc2nc1NN. The van der Waals surface area contributed by atoms with Crippen LogP contribution in [-0.2, 0) is 6.42 Å². The van der Waals surface area contributed by atoms with Crippen LogP contribution in [0.3, 0.4) is 0 Å². The number of hydrazine groups is 1. The summed E-state index contributed by atoms with van der Waals surface area (Å²) < 4.78 is 26.6. The summed E-state index contributed by atoms with van der Waals surface area (Å²) in [5.74, 6) is 4.56. The number of pyridine rings is 1. The predicted molar refractivity (Wildman–Crippen MR) is 63.5 cm³/mol. The first kappa shape index (κ1) is 11.7. The van der Waals surface area contributed by atoms with E-state index in [9.17, 15) is 8.78 Å². The van der Waals surface area contributed by atoms with E-state index in [-0.39, 0.29) is 5.52 Å². The summed E-state index contributed by atoms with van der Waals surface area (Å²) >= 11 is 0. The van der Waals surface area contributed by atoms with E-state index in [2.05, 4.69) is 10.4 Å². The van der Waals surface area contributed by atoms with E-state index in [4.69, 9.17) is 5.84 Å². The Morgan fingerprint density at radius 1 is 1.29 bits per heavy atom. The van der Waals surface area contributed by atoms with Crippen molar-refractivity contribution in [3.63, 3.8) is 0 Å². The van der Waals surface area contributed by atoms with Crippen LogP contribution in [0.1, 0.15) is 18.9 Å². The first-order valence-electron chi connectivity index (χ1n) is 5.41. The molecule has 3 nitrogen and oxygen atoms in total. The Morgan fingerprint density at radius 2 is 2.06 bits per heavy atom. The Bertz CT molecular complexity index is 555. The number of hydrogen-bond donors (Lipinski definition) is 2. The smallest absolute Gasteiger partial charge is 0.143 e. The van der Waals surface area contributed by atoms with Gasteiger partial charge in [0.2, 0.25) is 0 Å². The lowest BCUT2D eigenvalue weighted by Crippen LogP contribution is -2.11. The zero-order valence-corrected chi connectivity index (χ0v) is 9.43. The van der Waals surface area contributed by atoms with Crippen molar-refractivity contribution >= 4 is 16.7 Å². The Balaban J connectivity index is 2.69. The van der Waals surface area contributed by atoms with Crippen LogP contribution in [0.4, 0.5) is 14.6 Å². The molecule has 0 spiro atoms. The zero-order chi connectivity index (χ0) is 12.4. The minimum absolute atomic E-state index is 0.260. The molecule has 0 fully saturated rings. The van der Waals surface area contributed by atoms with Gasteiger partial charge in [0.15, 0.2) is 0 Å². The number of nitrogen functional groups attached to an aromatic ring is 1. The highest BCUT2D eigenvalue weighted by molar-refractivity contribution is 5.82. The van der Waals surface area contributed by atoms with Gasteiger partial charge in [0, 0.05) is 17.5 Å². The molecule has 3 N–H and O–H groups in total. The maximum Gasteiger partial charge on any atom is 0.143 e. The lowest BCUT2D eigenvalue weighted by atomic mass is 10.1. The second-order valence-electron chi connectivity index (χ2n) is 3.84. The molecule has 17 heavy (non-hydrogen) atoms. The van der Waals surface area contributed by atoms with Gasteiger partial charge in [-0.05, 0) is 18.1 Å². The third-order valence-electron chi connectivity index (χ3n) is 2.58. The second-order valence-corrected chi connectivity index (χ2v) is 3.84. The van der Waals surface area contributed by atoms with Gasteiger partial charge in [-0.15, -0.1) is 0 Å². The molecular weight excluding hydrogens is 224 g/mol. The first-order valence-corrected chi connectivity index (χ1v) is 5.41. The molecule has 1 aromatic carbocycles. The molecule has 1 aromatic heterocycles. The molecular formula is C12H13F2N3. The molecule has 90 valence electrons. The molecule has 0 amide bonds.